The minimum absolute atomic E-state index is 0.0188. The highest BCUT2D eigenvalue weighted by Gasteiger charge is 2.08. The van der Waals surface area contributed by atoms with E-state index in [1.165, 1.54) is 0 Å². The molecule has 1 rings (SSSR count). The van der Waals surface area contributed by atoms with Crippen LogP contribution in [0.2, 0.25) is 0 Å². The third kappa shape index (κ3) is 6.53. The lowest BCUT2D eigenvalue weighted by Gasteiger charge is -2.04. The van der Waals surface area contributed by atoms with E-state index in [1.54, 1.807) is 13.0 Å². The number of hydrogen-bond donors (Lipinski definition) is 3. The lowest BCUT2D eigenvalue weighted by molar-refractivity contribution is -0.137. The quantitative estimate of drug-likeness (QED) is 0.640. The number of unbranched alkanes of at least 4 members (excludes halogenated alkanes) is 1. The van der Waals surface area contributed by atoms with Crippen LogP contribution in [0.3, 0.4) is 0 Å². The topological polar surface area (TPSA) is 122 Å². The van der Waals surface area contributed by atoms with Gasteiger partial charge < -0.3 is 14.9 Å². The van der Waals surface area contributed by atoms with Crippen LogP contribution in [0, 0.1) is 6.92 Å². The predicted molar refractivity (Wildman–Crippen MR) is 67.7 cm³/mol. The molecule has 0 unspecified atom stereocenters. The van der Waals surface area contributed by atoms with Crippen LogP contribution in [0.5, 0.6) is 0 Å². The molecule has 0 aliphatic rings. The summed E-state index contributed by atoms with van der Waals surface area (Å²) >= 11 is 0. The number of aliphatic carboxylic acids is 1. The molecule has 1 aromatic heterocycles. The lowest BCUT2D eigenvalue weighted by Crippen LogP contribution is -2.39. The van der Waals surface area contributed by atoms with Crippen molar-refractivity contribution < 1.29 is 24.0 Å². The smallest absolute Gasteiger partial charge is 0.321 e. The monoisotopic (exact) mass is 283 g/mol. The van der Waals surface area contributed by atoms with Gasteiger partial charge in [-0.3, -0.25) is 14.9 Å². The number of nitrogens with one attached hydrogen (secondary N) is 2. The maximum absolute atomic E-state index is 11.4. The molecule has 0 saturated heterocycles. The van der Waals surface area contributed by atoms with E-state index in [0.717, 1.165) is 0 Å². The van der Waals surface area contributed by atoms with Gasteiger partial charge in [0.25, 0.3) is 0 Å². The number of urea groups is 1. The zero-order chi connectivity index (χ0) is 15.0. The largest absolute Gasteiger partial charge is 0.481 e. The first kappa shape index (κ1) is 15.7. The second-order valence-corrected chi connectivity index (χ2v) is 4.26. The molecular weight excluding hydrogens is 266 g/mol. The summed E-state index contributed by atoms with van der Waals surface area (Å²) in [5, 5.41) is 16.7. The van der Waals surface area contributed by atoms with Crippen molar-refractivity contribution in [3.05, 3.63) is 17.5 Å². The number of hydrogen-bond acceptors (Lipinski definition) is 5. The standard InChI is InChI=1S/C12H17N3O5/c1-8-6-9(15-20-8)7-13-12(19)14-10(16)4-2-3-5-11(17)18/h6H,2-5,7H2,1H3,(H,17,18)(H2,13,14,16,19). The van der Waals surface area contributed by atoms with Gasteiger partial charge in [0.05, 0.1) is 6.54 Å². The number of nitrogens with zero attached hydrogens (tertiary/aromatic N) is 1. The van der Waals surface area contributed by atoms with Gasteiger partial charge in [-0.25, -0.2) is 4.79 Å². The minimum atomic E-state index is -0.897. The lowest BCUT2D eigenvalue weighted by atomic mass is 10.2. The van der Waals surface area contributed by atoms with E-state index in [4.69, 9.17) is 9.63 Å². The average Bonchev–Trinajstić information content (AvgIpc) is 2.78. The van der Waals surface area contributed by atoms with Crippen molar-refractivity contribution in [2.45, 2.75) is 39.2 Å². The van der Waals surface area contributed by atoms with Gasteiger partial charge in [-0.2, -0.15) is 0 Å². The predicted octanol–water partition coefficient (Wildman–Crippen LogP) is 0.954. The van der Waals surface area contributed by atoms with Gasteiger partial charge in [-0.1, -0.05) is 5.16 Å². The highest BCUT2D eigenvalue weighted by atomic mass is 16.5. The molecule has 8 nitrogen and oxygen atoms in total. The maximum atomic E-state index is 11.4. The Kier molecular flexibility index (Phi) is 6.21. The Morgan fingerprint density at radius 3 is 2.60 bits per heavy atom. The van der Waals surface area contributed by atoms with Gasteiger partial charge in [0.1, 0.15) is 11.5 Å². The van der Waals surface area contributed by atoms with E-state index in [2.05, 4.69) is 15.8 Å². The molecule has 0 fully saturated rings. The molecule has 1 heterocycles. The number of rotatable bonds is 7. The summed E-state index contributed by atoms with van der Waals surface area (Å²) in [5.41, 5.74) is 0.562. The number of carbonyl (C=O) groups is 3. The second kappa shape index (κ2) is 7.93. The Morgan fingerprint density at radius 1 is 1.30 bits per heavy atom. The van der Waals surface area contributed by atoms with Crippen LogP contribution >= 0.6 is 0 Å². The van der Waals surface area contributed by atoms with Gasteiger partial charge >= 0.3 is 12.0 Å². The summed E-state index contributed by atoms with van der Waals surface area (Å²) in [5.74, 6) is -0.702. The van der Waals surface area contributed by atoms with Crippen molar-refractivity contribution in [1.29, 1.82) is 0 Å². The fraction of sp³-hybridized carbons (Fsp3) is 0.500. The van der Waals surface area contributed by atoms with Crippen molar-refractivity contribution in [3.8, 4) is 0 Å². The molecule has 0 radical (unpaired) electrons. The Labute approximate surface area is 115 Å². The molecule has 0 aliphatic heterocycles. The van der Waals surface area contributed by atoms with E-state index in [9.17, 15) is 14.4 Å². The van der Waals surface area contributed by atoms with Crippen LogP contribution in [0.4, 0.5) is 4.79 Å². The molecule has 20 heavy (non-hydrogen) atoms. The summed E-state index contributed by atoms with van der Waals surface area (Å²) in [6.07, 6.45) is 0.964. The number of aryl methyl sites for hydroxylation is 1. The summed E-state index contributed by atoms with van der Waals surface area (Å²) in [6, 6.07) is 1.06. The Morgan fingerprint density at radius 2 is 2.00 bits per heavy atom. The van der Waals surface area contributed by atoms with Crippen LogP contribution in [0.1, 0.15) is 37.1 Å². The molecule has 0 bridgehead atoms. The van der Waals surface area contributed by atoms with Gasteiger partial charge in [-0.05, 0) is 19.8 Å². The van der Waals surface area contributed by atoms with Crippen LogP contribution in [0.15, 0.2) is 10.6 Å². The van der Waals surface area contributed by atoms with Crippen LogP contribution in [0.25, 0.3) is 0 Å². The summed E-state index contributed by atoms with van der Waals surface area (Å²) < 4.78 is 4.83. The summed E-state index contributed by atoms with van der Waals surface area (Å²) in [4.78, 5) is 33.0. The van der Waals surface area contributed by atoms with Gasteiger partial charge in [0.15, 0.2) is 0 Å². The SMILES string of the molecule is Cc1cc(CNC(=O)NC(=O)CCCCC(=O)O)no1. The highest BCUT2D eigenvalue weighted by Crippen LogP contribution is 2.01. The van der Waals surface area contributed by atoms with Gasteiger partial charge in [-0.15, -0.1) is 0 Å². The van der Waals surface area contributed by atoms with Crippen molar-refractivity contribution in [2.75, 3.05) is 0 Å². The number of carboxylic acid groups (broad SMARTS) is 1. The first-order valence-electron chi connectivity index (χ1n) is 6.19. The van der Waals surface area contributed by atoms with Crippen LogP contribution in [-0.2, 0) is 16.1 Å². The Bertz CT molecular complexity index is 483. The van der Waals surface area contributed by atoms with E-state index in [-0.39, 0.29) is 19.4 Å². The number of aromatic nitrogens is 1. The van der Waals surface area contributed by atoms with Crippen LogP contribution in [-0.4, -0.2) is 28.2 Å². The molecule has 0 saturated carbocycles. The molecule has 3 N–H and O–H groups in total. The second-order valence-electron chi connectivity index (χ2n) is 4.26. The van der Waals surface area contributed by atoms with Gasteiger partial charge in [0, 0.05) is 18.9 Å². The first-order valence-corrected chi connectivity index (χ1v) is 6.19. The molecule has 0 spiro atoms. The number of imide groups is 1. The molecule has 0 aliphatic carbocycles. The molecule has 1 aromatic rings. The first-order chi connectivity index (χ1) is 9.47. The van der Waals surface area contributed by atoms with E-state index >= 15 is 0 Å². The van der Waals surface area contributed by atoms with Crippen molar-refractivity contribution in [2.24, 2.45) is 0 Å². The molecule has 3 amide bonds. The Balaban J connectivity index is 2.14. The fourth-order valence-corrected chi connectivity index (χ4v) is 1.47. The fourth-order valence-electron chi connectivity index (χ4n) is 1.47. The van der Waals surface area contributed by atoms with E-state index in [1.807, 2.05) is 0 Å². The molecule has 0 aromatic carbocycles. The molecule has 110 valence electrons. The third-order valence-electron chi connectivity index (χ3n) is 2.40. The van der Waals surface area contributed by atoms with Crippen molar-refractivity contribution >= 4 is 17.9 Å². The zero-order valence-corrected chi connectivity index (χ0v) is 11.1. The number of carboxylic acids is 1. The minimum Gasteiger partial charge on any atom is -0.481 e. The number of amides is 3. The zero-order valence-electron chi connectivity index (χ0n) is 11.1. The Hall–Kier alpha value is -2.38. The van der Waals surface area contributed by atoms with E-state index < -0.39 is 17.9 Å². The van der Waals surface area contributed by atoms with Gasteiger partial charge in [0.2, 0.25) is 5.91 Å². The molecule has 8 heteroatoms. The summed E-state index contributed by atoms with van der Waals surface area (Å²) in [7, 11) is 0. The van der Waals surface area contributed by atoms with Crippen LogP contribution < -0.4 is 10.6 Å². The van der Waals surface area contributed by atoms with Crippen molar-refractivity contribution in [1.82, 2.24) is 15.8 Å². The molecular formula is C12H17N3O5. The number of carbonyl (C=O) groups excluding carboxylic acids is 2. The van der Waals surface area contributed by atoms with E-state index in [0.29, 0.717) is 24.3 Å². The normalized spacial score (nSPS) is 10.1. The average molecular weight is 283 g/mol. The molecule has 0 atom stereocenters. The highest BCUT2D eigenvalue weighted by molar-refractivity contribution is 5.94. The van der Waals surface area contributed by atoms with Crippen molar-refractivity contribution in [3.63, 3.8) is 0 Å². The maximum Gasteiger partial charge on any atom is 0.321 e. The third-order valence-corrected chi connectivity index (χ3v) is 2.40. The summed E-state index contributed by atoms with van der Waals surface area (Å²) in [6.45, 7) is 1.90.